The van der Waals surface area contributed by atoms with E-state index in [-0.39, 0.29) is 5.91 Å². The minimum atomic E-state index is -0.935. The second-order valence-electron chi connectivity index (χ2n) is 7.61. The van der Waals surface area contributed by atoms with Crippen molar-refractivity contribution in [3.63, 3.8) is 0 Å². The lowest BCUT2D eigenvalue weighted by atomic mass is 9.90. The quantitative estimate of drug-likeness (QED) is 0.502. The van der Waals surface area contributed by atoms with Gasteiger partial charge in [-0.3, -0.25) is 14.4 Å². The summed E-state index contributed by atoms with van der Waals surface area (Å²) in [4.78, 5) is 34.3. The van der Waals surface area contributed by atoms with Gasteiger partial charge in [0, 0.05) is 10.0 Å². The van der Waals surface area contributed by atoms with E-state index in [0.717, 1.165) is 11.3 Å². The van der Waals surface area contributed by atoms with E-state index in [1.807, 2.05) is 42.5 Å². The van der Waals surface area contributed by atoms with Crippen LogP contribution >= 0.6 is 23.2 Å². The molecular weight excluding hydrogens is 435 g/mol. The van der Waals surface area contributed by atoms with Gasteiger partial charge < -0.3 is 0 Å². The van der Waals surface area contributed by atoms with Gasteiger partial charge >= 0.3 is 0 Å². The first kappa shape index (κ1) is 20.1. The fourth-order valence-electron chi connectivity index (χ4n) is 4.32. The highest BCUT2D eigenvalue weighted by molar-refractivity contribution is 6.32. The van der Waals surface area contributed by atoms with Crippen LogP contribution in [0.4, 0.5) is 11.4 Å². The average molecular weight is 453 g/mol. The van der Waals surface area contributed by atoms with Crippen molar-refractivity contribution < 1.29 is 14.4 Å². The van der Waals surface area contributed by atoms with Crippen molar-refractivity contribution in [1.82, 2.24) is 0 Å². The second-order valence-corrected chi connectivity index (χ2v) is 8.45. The molecule has 3 atom stereocenters. The maximum atomic E-state index is 13.6. The summed E-state index contributed by atoms with van der Waals surface area (Å²) in [5, 5.41) is 2.69. The third kappa shape index (κ3) is 3.21. The van der Waals surface area contributed by atoms with Crippen molar-refractivity contribution >= 4 is 46.4 Å². The van der Waals surface area contributed by atoms with Crippen LogP contribution in [0.15, 0.2) is 72.8 Å². The summed E-state index contributed by atoms with van der Waals surface area (Å²) in [6.07, 6.45) is -0.935. The van der Waals surface area contributed by atoms with Crippen LogP contribution in [-0.4, -0.2) is 17.9 Å². The third-order valence-electron chi connectivity index (χ3n) is 5.80. The molecule has 2 heterocycles. The summed E-state index contributed by atoms with van der Waals surface area (Å²) in [6, 6.07) is 21.4. The number of halogens is 2. The van der Waals surface area contributed by atoms with Crippen molar-refractivity contribution in [2.75, 3.05) is 9.96 Å². The van der Waals surface area contributed by atoms with Gasteiger partial charge in [-0.2, -0.15) is 0 Å². The fraction of sp³-hybridized carbons (Fsp3) is 0.167. The molecule has 0 aliphatic carbocycles. The Morgan fingerprint density at radius 2 is 1.61 bits per heavy atom. The minimum Gasteiger partial charge on any atom is -0.273 e. The van der Waals surface area contributed by atoms with Gasteiger partial charge in [0.2, 0.25) is 5.91 Å². The lowest BCUT2D eigenvalue weighted by Gasteiger charge is -2.29. The summed E-state index contributed by atoms with van der Waals surface area (Å²) in [5.41, 5.74) is 2.71. The SMILES string of the molecule is Cc1c(Cl)cccc1N1C(=O)[C@@H]2[C@H](ON(c3ccccc3)[C@@H]2c2cccc(Cl)c2)C1=O. The van der Waals surface area contributed by atoms with E-state index in [1.54, 1.807) is 42.3 Å². The Hall–Kier alpha value is -2.86. The molecule has 0 radical (unpaired) electrons. The highest BCUT2D eigenvalue weighted by Crippen LogP contribution is 2.48. The number of para-hydroxylation sites is 1. The Balaban J connectivity index is 1.61. The molecule has 0 bridgehead atoms. The van der Waals surface area contributed by atoms with Crippen LogP contribution in [-0.2, 0) is 14.4 Å². The number of amides is 2. The number of fused-ring (bicyclic) bond motifs is 1. The number of hydroxylamine groups is 1. The Morgan fingerprint density at radius 3 is 2.35 bits per heavy atom. The molecule has 2 saturated heterocycles. The number of nitrogens with zero attached hydrogens (tertiary/aromatic N) is 2. The third-order valence-corrected chi connectivity index (χ3v) is 6.44. The van der Waals surface area contributed by atoms with Gasteiger partial charge in [-0.05, 0) is 54.4 Å². The van der Waals surface area contributed by atoms with Gasteiger partial charge in [-0.25, -0.2) is 9.96 Å². The van der Waals surface area contributed by atoms with E-state index in [1.165, 1.54) is 4.90 Å². The summed E-state index contributed by atoms with van der Waals surface area (Å²) in [7, 11) is 0. The molecule has 3 aromatic rings. The number of benzene rings is 3. The molecule has 5 nitrogen and oxygen atoms in total. The zero-order valence-corrected chi connectivity index (χ0v) is 18.0. The van der Waals surface area contributed by atoms with Gasteiger partial charge in [0.15, 0.2) is 6.10 Å². The summed E-state index contributed by atoms with van der Waals surface area (Å²) < 4.78 is 0. The van der Waals surface area contributed by atoms with Gasteiger partial charge in [-0.15, -0.1) is 0 Å². The molecule has 5 rings (SSSR count). The fourth-order valence-corrected chi connectivity index (χ4v) is 4.69. The van der Waals surface area contributed by atoms with Crippen molar-refractivity contribution in [2.24, 2.45) is 5.92 Å². The molecule has 156 valence electrons. The van der Waals surface area contributed by atoms with Crippen molar-refractivity contribution in [3.8, 4) is 0 Å². The predicted octanol–water partition coefficient (Wildman–Crippen LogP) is 5.35. The number of carbonyl (C=O) groups is 2. The molecule has 2 aliphatic rings. The Kier molecular flexibility index (Phi) is 4.97. The molecular formula is C24H18Cl2N2O3. The second kappa shape index (κ2) is 7.68. The van der Waals surface area contributed by atoms with Crippen LogP contribution < -0.4 is 9.96 Å². The van der Waals surface area contributed by atoms with Crippen molar-refractivity contribution in [2.45, 2.75) is 19.1 Å². The first-order valence-electron chi connectivity index (χ1n) is 9.87. The van der Waals surface area contributed by atoms with Crippen LogP contribution in [0, 0.1) is 12.8 Å². The largest absolute Gasteiger partial charge is 0.273 e. The number of hydrogen-bond donors (Lipinski definition) is 0. The van der Waals surface area contributed by atoms with E-state index in [4.69, 9.17) is 28.0 Å². The predicted molar refractivity (Wildman–Crippen MR) is 120 cm³/mol. The number of imide groups is 1. The monoisotopic (exact) mass is 452 g/mol. The molecule has 0 saturated carbocycles. The Morgan fingerprint density at radius 1 is 0.871 bits per heavy atom. The number of anilines is 2. The maximum absolute atomic E-state index is 13.6. The first-order valence-corrected chi connectivity index (χ1v) is 10.6. The smallest absolute Gasteiger partial charge is 0.266 e. The zero-order valence-electron chi connectivity index (χ0n) is 16.5. The van der Waals surface area contributed by atoms with Crippen molar-refractivity contribution in [1.29, 1.82) is 0 Å². The molecule has 0 aromatic heterocycles. The van der Waals surface area contributed by atoms with Crippen LogP contribution in [0.3, 0.4) is 0 Å². The van der Waals surface area contributed by atoms with Gasteiger partial charge in [0.05, 0.1) is 17.4 Å². The first-order chi connectivity index (χ1) is 15.0. The summed E-state index contributed by atoms with van der Waals surface area (Å²) in [6.45, 7) is 1.79. The number of hydrogen-bond acceptors (Lipinski definition) is 4. The standard InChI is InChI=1S/C24H18Cl2N2O3/c1-14-18(26)11-6-12-19(14)27-23(29)20-21(15-7-5-8-16(25)13-15)28(31-22(20)24(27)30)17-9-3-2-4-10-17/h2-13,20-22H,1H3/t20-,21+,22-/m0/s1. The molecule has 2 fully saturated rings. The number of rotatable bonds is 3. The Labute approximate surface area is 189 Å². The van der Waals surface area contributed by atoms with E-state index < -0.39 is 24.0 Å². The molecule has 31 heavy (non-hydrogen) atoms. The highest BCUT2D eigenvalue weighted by atomic mass is 35.5. The lowest BCUT2D eigenvalue weighted by Crippen LogP contribution is -2.37. The number of carbonyl (C=O) groups excluding carboxylic acids is 2. The van der Waals surface area contributed by atoms with E-state index in [9.17, 15) is 9.59 Å². The highest BCUT2D eigenvalue weighted by Gasteiger charge is 2.60. The van der Waals surface area contributed by atoms with Gasteiger partial charge in [-0.1, -0.05) is 59.6 Å². The molecule has 2 aliphatic heterocycles. The normalized spacial score (nSPS) is 22.9. The van der Waals surface area contributed by atoms with Crippen LogP contribution in [0.5, 0.6) is 0 Å². The van der Waals surface area contributed by atoms with Gasteiger partial charge in [0.25, 0.3) is 5.91 Å². The van der Waals surface area contributed by atoms with Crippen molar-refractivity contribution in [3.05, 3.63) is 94.0 Å². The molecule has 0 N–H and O–H groups in total. The molecule has 0 unspecified atom stereocenters. The molecule has 2 amide bonds. The molecule has 0 spiro atoms. The Bertz CT molecular complexity index is 1180. The minimum absolute atomic E-state index is 0.316. The van der Waals surface area contributed by atoms with E-state index in [0.29, 0.717) is 21.3 Å². The lowest BCUT2D eigenvalue weighted by molar-refractivity contribution is -0.126. The van der Waals surface area contributed by atoms with Crippen LogP contribution in [0.25, 0.3) is 0 Å². The summed E-state index contributed by atoms with van der Waals surface area (Å²) >= 11 is 12.5. The topological polar surface area (TPSA) is 49.9 Å². The van der Waals surface area contributed by atoms with Crippen LogP contribution in [0.1, 0.15) is 17.2 Å². The van der Waals surface area contributed by atoms with Gasteiger partial charge in [0.1, 0.15) is 5.92 Å². The molecule has 7 heteroatoms. The van der Waals surface area contributed by atoms with E-state index in [2.05, 4.69) is 0 Å². The van der Waals surface area contributed by atoms with Crippen LogP contribution in [0.2, 0.25) is 10.0 Å². The zero-order chi connectivity index (χ0) is 21.7. The summed E-state index contributed by atoms with van der Waals surface area (Å²) in [5.74, 6) is -1.43. The molecule has 3 aromatic carbocycles. The average Bonchev–Trinajstić information content (AvgIpc) is 3.27. The maximum Gasteiger partial charge on any atom is 0.266 e. The van der Waals surface area contributed by atoms with E-state index >= 15 is 0 Å².